The number of aryl methyl sites for hydroxylation is 2. The molecule has 0 aromatic heterocycles. The lowest BCUT2D eigenvalue weighted by atomic mass is 10.0. The summed E-state index contributed by atoms with van der Waals surface area (Å²) < 4.78 is 0. The molecule has 0 fully saturated rings. The molecule has 0 atom stereocenters. The van der Waals surface area contributed by atoms with Crippen LogP contribution in [-0.2, 0) is 0 Å². The predicted octanol–water partition coefficient (Wildman–Crippen LogP) is 3.50. The van der Waals surface area contributed by atoms with E-state index in [9.17, 15) is 0 Å². The highest BCUT2D eigenvalue weighted by Crippen LogP contribution is 2.18. The molecule has 1 aromatic carbocycles. The van der Waals surface area contributed by atoms with Crippen molar-refractivity contribution in [1.29, 1.82) is 0 Å². The molecule has 4 heteroatoms. The Kier molecular flexibility index (Phi) is 5.02. The van der Waals surface area contributed by atoms with Gasteiger partial charge in [0.05, 0.1) is 5.71 Å². The first-order chi connectivity index (χ1) is 9.20. The first-order valence-electron chi connectivity index (χ1n) is 6.78. The van der Waals surface area contributed by atoms with Crippen LogP contribution >= 0.6 is 11.8 Å². The van der Waals surface area contributed by atoms with Crippen LogP contribution in [0.4, 0.5) is 0 Å². The molecule has 19 heavy (non-hydrogen) atoms. The number of thioether (sulfide) groups is 1. The third kappa shape index (κ3) is 3.83. The highest BCUT2D eigenvalue weighted by Gasteiger charge is 2.14. The molecule has 3 nitrogen and oxygen atoms in total. The highest BCUT2D eigenvalue weighted by molar-refractivity contribution is 8.14. The summed E-state index contributed by atoms with van der Waals surface area (Å²) in [4.78, 5) is 4.50. The lowest BCUT2D eigenvalue weighted by Gasteiger charge is -2.16. The number of nitrogens with one attached hydrogen (secondary N) is 1. The van der Waals surface area contributed by atoms with Gasteiger partial charge in [0.2, 0.25) is 0 Å². The van der Waals surface area contributed by atoms with Crippen LogP contribution in [0.5, 0.6) is 0 Å². The van der Waals surface area contributed by atoms with Crippen LogP contribution < -0.4 is 5.43 Å². The third-order valence-corrected chi connectivity index (χ3v) is 4.01. The van der Waals surface area contributed by atoms with Crippen molar-refractivity contribution < 1.29 is 0 Å². The number of hydrogen-bond acceptors (Lipinski definition) is 3. The molecule has 0 aliphatic carbocycles. The Hall–Kier alpha value is -1.29. The second-order valence-corrected chi connectivity index (χ2v) is 5.78. The van der Waals surface area contributed by atoms with Crippen molar-refractivity contribution in [3.63, 3.8) is 0 Å². The number of aliphatic imine (C=N–C) groups is 1. The van der Waals surface area contributed by atoms with Gasteiger partial charge in [-0.05, 0) is 31.9 Å². The number of rotatable bonds is 4. The second kappa shape index (κ2) is 6.75. The van der Waals surface area contributed by atoms with Crippen molar-refractivity contribution in [3.8, 4) is 0 Å². The fourth-order valence-corrected chi connectivity index (χ4v) is 2.71. The number of benzene rings is 1. The van der Waals surface area contributed by atoms with Gasteiger partial charge in [0.15, 0.2) is 5.17 Å². The zero-order valence-corrected chi connectivity index (χ0v) is 12.7. The fourth-order valence-electron chi connectivity index (χ4n) is 1.92. The van der Waals surface area contributed by atoms with E-state index in [0.29, 0.717) is 0 Å². The van der Waals surface area contributed by atoms with Gasteiger partial charge in [-0.1, -0.05) is 42.8 Å². The predicted molar refractivity (Wildman–Crippen MR) is 85.3 cm³/mol. The standard InChI is InChI=1S/C15H21N3S/c1-4-5-8-16-15-18-17-14(10-19-15)13-9-11(2)6-7-12(13)3/h6-7,9H,4-5,8,10H2,1-3H3,(H,16,18). The van der Waals surface area contributed by atoms with E-state index < -0.39 is 0 Å². The summed E-state index contributed by atoms with van der Waals surface area (Å²) in [7, 11) is 0. The summed E-state index contributed by atoms with van der Waals surface area (Å²) in [6.45, 7) is 7.32. The molecular weight excluding hydrogens is 254 g/mol. The monoisotopic (exact) mass is 275 g/mol. The van der Waals surface area contributed by atoms with Crippen LogP contribution in [0, 0.1) is 13.8 Å². The van der Waals surface area contributed by atoms with Crippen molar-refractivity contribution in [2.24, 2.45) is 10.1 Å². The van der Waals surface area contributed by atoms with Crippen molar-refractivity contribution in [2.45, 2.75) is 33.6 Å². The molecule has 1 aliphatic rings. The molecule has 0 spiro atoms. The van der Waals surface area contributed by atoms with E-state index in [1.54, 1.807) is 11.8 Å². The van der Waals surface area contributed by atoms with Gasteiger partial charge in [0.1, 0.15) is 0 Å². The van der Waals surface area contributed by atoms with Crippen LogP contribution in [0.3, 0.4) is 0 Å². The van der Waals surface area contributed by atoms with Crippen molar-refractivity contribution in [1.82, 2.24) is 5.43 Å². The minimum Gasteiger partial charge on any atom is -0.261 e. The molecule has 1 N–H and O–H groups in total. The Morgan fingerprint density at radius 2 is 2.21 bits per heavy atom. The van der Waals surface area contributed by atoms with Crippen LogP contribution in [0.2, 0.25) is 0 Å². The van der Waals surface area contributed by atoms with Crippen molar-refractivity contribution >= 4 is 22.6 Å². The zero-order chi connectivity index (χ0) is 13.7. The topological polar surface area (TPSA) is 36.8 Å². The Morgan fingerprint density at radius 1 is 1.37 bits per heavy atom. The smallest absolute Gasteiger partial charge is 0.177 e. The summed E-state index contributed by atoms with van der Waals surface area (Å²) in [5.74, 6) is 0.891. The third-order valence-electron chi connectivity index (χ3n) is 3.10. The Bertz CT molecular complexity index is 506. The van der Waals surface area contributed by atoms with Gasteiger partial charge in [0, 0.05) is 17.9 Å². The molecule has 0 radical (unpaired) electrons. The van der Waals surface area contributed by atoms with E-state index in [0.717, 1.165) is 29.6 Å². The van der Waals surface area contributed by atoms with Crippen molar-refractivity contribution in [2.75, 3.05) is 12.3 Å². The molecular formula is C15H21N3S. The van der Waals surface area contributed by atoms with E-state index in [-0.39, 0.29) is 0 Å². The summed E-state index contributed by atoms with van der Waals surface area (Å²) in [6, 6.07) is 6.50. The number of hydrogen-bond donors (Lipinski definition) is 1. The van der Waals surface area contributed by atoms with Gasteiger partial charge < -0.3 is 0 Å². The largest absolute Gasteiger partial charge is 0.261 e. The quantitative estimate of drug-likeness (QED) is 0.854. The summed E-state index contributed by atoms with van der Waals surface area (Å²) >= 11 is 1.74. The van der Waals surface area contributed by atoms with E-state index in [2.05, 4.69) is 54.5 Å². The summed E-state index contributed by atoms with van der Waals surface area (Å²) in [6.07, 6.45) is 2.32. The molecule has 1 aromatic rings. The van der Waals surface area contributed by atoms with Crippen LogP contribution in [0.1, 0.15) is 36.5 Å². The molecule has 0 amide bonds. The van der Waals surface area contributed by atoms with Crippen LogP contribution in [0.25, 0.3) is 0 Å². The molecule has 0 bridgehead atoms. The van der Waals surface area contributed by atoms with Crippen molar-refractivity contribution in [3.05, 3.63) is 34.9 Å². The average molecular weight is 275 g/mol. The minimum absolute atomic E-state index is 0.889. The molecule has 0 saturated heterocycles. The first-order valence-corrected chi connectivity index (χ1v) is 7.76. The molecule has 1 heterocycles. The van der Waals surface area contributed by atoms with Gasteiger partial charge >= 0.3 is 0 Å². The van der Waals surface area contributed by atoms with Crippen LogP contribution in [-0.4, -0.2) is 23.2 Å². The molecule has 0 saturated carbocycles. The minimum atomic E-state index is 0.889. The van der Waals surface area contributed by atoms with Gasteiger partial charge in [0.25, 0.3) is 0 Å². The molecule has 1 aliphatic heterocycles. The first kappa shape index (κ1) is 14.1. The fraction of sp³-hybridized carbons (Fsp3) is 0.467. The van der Waals surface area contributed by atoms with Gasteiger partial charge in [-0.15, -0.1) is 0 Å². The normalized spacial score (nSPS) is 17.2. The maximum absolute atomic E-state index is 4.50. The van der Waals surface area contributed by atoms with Gasteiger partial charge in [-0.25, -0.2) is 0 Å². The molecule has 0 unspecified atom stereocenters. The molecule has 102 valence electrons. The Labute approximate surface area is 119 Å². The lowest BCUT2D eigenvalue weighted by Crippen LogP contribution is -2.26. The summed E-state index contributed by atoms with van der Waals surface area (Å²) in [5, 5.41) is 5.42. The maximum Gasteiger partial charge on any atom is 0.177 e. The maximum atomic E-state index is 4.50. The van der Waals surface area contributed by atoms with E-state index in [4.69, 9.17) is 0 Å². The SMILES string of the molecule is CCCCN=C1NN=C(c2cc(C)ccc2C)CS1. The second-order valence-electron chi connectivity index (χ2n) is 4.82. The van der Waals surface area contributed by atoms with E-state index in [1.165, 1.54) is 23.1 Å². The van der Waals surface area contributed by atoms with E-state index in [1.807, 2.05) is 0 Å². The molecule has 2 rings (SSSR count). The Balaban J connectivity index is 2.08. The lowest BCUT2D eigenvalue weighted by molar-refractivity contribution is 0.804. The summed E-state index contributed by atoms with van der Waals surface area (Å²) in [5.41, 5.74) is 7.98. The number of hydrazone groups is 1. The highest BCUT2D eigenvalue weighted by atomic mass is 32.2. The van der Waals surface area contributed by atoms with E-state index >= 15 is 0 Å². The van der Waals surface area contributed by atoms with Crippen LogP contribution in [0.15, 0.2) is 28.3 Å². The van der Waals surface area contributed by atoms with Gasteiger partial charge in [-0.3, -0.25) is 10.4 Å². The Morgan fingerprint density at radius 3 is 2.89 bits per heavy atom. The number of nitrogens with zero attached hydrogens (tertiary/aromatic N) is 2. The number of amidine groups is 1. The number of unbranched alkanes of at least 4 members (excludes halogenated alkanes) is 1. The average Bonchev–Trinajstić information content (AvgIpc) is 2.43. The zero-order valence-electron chi connectivity index (χ0n) is 11.9. The van der Waals surface area contributed by atoms with Gasteiger partial charge in [-0.2, -0.15) is 5.10 Å².